The molecule has 0 aromatic carbocycles. The molecule has 0 atom stereocenters. The lowest BCUT2D eigenvalue weighted by Crippen LogP contribution is -2.34. The summed E-state index contributed by atoms with van der Waals surface area (Å²) in [6, 6.07) is 3.08. The van der Waals surface area contributed by atoms with E-state index in [0.29, 0.717) is 17.1 Å². The fraction of sp³-hybridized carbons (Fsp3) is 0.455. The van der Waals surface area contributed by atoms with E-state index in [1.807, 2.05) is 0 Å². The highest BCUT2D eigenvalue weighted by Gasteiger charge is 2.14. The summed E-state index contributed by atoms with van der Waals surface area (Å²) in [5, 5.41) is 2.55. The van der Waals surface area contributed by atoms with Crippen LogP contribution in [0.25, 0.3) is 0 Å². The van der Waals surface area contributed by atoms with Crippen LogP contribution in [0.1, 0.15) is 16.1 Å². The number of hydrogen-bond donors (Lipinski definition) is 3. The van der Waals surface area contributed by atoms with Crippen LogP contribution in [0, 0.1) is 6.92 Å². The SMILES string of the molecule is Cc1cc(C(=O)NCCS(=O)(=O)N(C)C)cc(NN)n1. The molecule has 4 N–H and O–H groups in total. The van der Waals surface area contributed by atoms with Crippen LogP contribution in [-0.2, 0) is 10.0 Å². The van der Waals surface area contributed by atoms with Crippen molar-refractivity contribution in [1.29, 1.82) is 0 Å². The van der Waals surface area contributed by atoms with Crippen LogP contribution in [-0.4, -0.2) is 50.0 Å². The number of amides is 1. The molecule has 9 heteroatoms. The summed E-state index contributed by atoms with van der Waals surface area (Å²) < 4.78 is 24.2. The third-order valence-electron chi connectivity index (χ3n) is 2.57. The van der Waals surface area contributed by atoms with Crippen LogP contribution in [0.5, 0.6) is 0 Å². The first kappa shape index (κ1) is 16.3. The van der Waals surface area contributed by atoms with Crippen LogP contribution in [0.2, 0.25) is 0 Å². The van der Waals surface area contributed by atoms with E-state index in [1.165, 1.54) is 20.2 Å². The average Bonchev–Trinajstić information content (AvgIpc) is 2.37. The molecule has 1 aromatic heterocycles. The number of aromatic nitrogens is 1. The summed E-state index contributed by atoms with van der Waals surface area (Å²) in [5.41, 5.74) is 3.36. The van der Waals surface area contributed by atoms with Gasteiger partial charge in [0.1, 0.15) is 5.82 Å². The van der Waals surface area contributed by atoms with Crippen molar-refractivity contribution in [3.63, 3.8) is 0 Å². The van der Waals surface area contributed by atoms with Crippen LogP contribution in [0.4, 0.5) is 5.82 Å². The Morgan fingerprint density at radius 2 is 2.05 bits per heavy atom. The molecule has 0 saturated heterocycles. The molecule has 0 unspecified atom stereocenters. The van der Waals surface area contributed by atoms with Crippen LogP contribution in [0.15, 0.2) is 12.1 Å². The Kier molecular flexibility index (Phi) is 5.43. The first-order valence-corrected chi connectivity index (χ1v) is 7.51. The zero-order valence-corrected chi connectivity index (χ0v) is 12.5. The van der Waals surface area contributed by atoms with Gasteiger partial charge in [0.2, 0.25) is 10.0 Å². The van der Waals surface area contributed by atoms with Gasteiger partial charge in [0.05, 0.1) is 5.75 Å². The van der Waals surface area contributed by atoms with Crippen molar-refractivity contribution in [3.05, 3.63) is 23.4 Å². The molecule has 0 fully saturated rings. The monoisotopic (exact) mass is 301 g/mol. The molecule has 1 amide bonds. The quantitative estimate of drug-likeness (QED) is 0.472. The topological polar surface area (TPSA) is 117 Å². The minimum absolute atomic E-state index is 0.0338. The Bertz CT molecular complexity index is 586. The molecule has 20 heavy (non-hydrogen) atoms. The molecule has 1 aromatic rings. The second-order valence-corrected chi connectivity index (χ2v) is 6.68. The second-order valence-electron chi connectivity index (χ2n) is 4.38. The minimum atomic E-state index is -3.32. The number of carbonyl (C=O) groups is 1. The summed E-state index contributed by atoms with van der Waals surface area (Å²) in [6.07, 6.45) is 0. The number of nitrogens with zero attached hydrogens (tertiary/aromatic N) is 2. The number of carbonyl (C=O) groups excluding carboxylic acids is 1. The predicted octanol–water partition coefficient (Wildman–Crippen LogP) is -0.703. The minimum Gasteiger partial charge on any atom is -0.351 e. The summed E-state index contributed by atoms with van der Waals surface area (Å²) >= 11 is 0. The number of sulfonamides is 1. The molecule has 112 valence electrons. The fourth-order valence-corrected chi connectivity index (χ4v) is 2.18. The van der Waals surface area contributed by atoms with Gasteiger partial charge in [0.15, 0.2) is 0 Å². The van der Waals surface area contributed by atoms with Gasteiger partial charge in [0, 0.05) is 31.9 Å². The summed E-state index contributed by atoms with van der Waals surface area (Å²) in [6.45, 7) is 1.76. The van der Waals surface area contributed by atoms with E-state index in [9.17, 15) is 13.2 Å². The van der Waals surface area contributed by atoms with E-state index < -0.39 is 10.0 Å². The van der Waals surface area contributed by atoms with E-state index in [0.717, 1.165) is 4.31 Å². The smallest absolute Gasteiger partial charge is 0.251 e. The molecule has 1 heterocycles. The zero-order chi connectivity index (χ0) is 15.3. The first-order chi connectivity index (χ1) is 9.26. The molecule has 0 radical (unpaired) electrons. The maximum Gasteiger partial charge on any atom is 0.251 e. The largest absolute Gasteiger partial charge is 0.351 e. The van der Waals surface area contributed by atoms with Gasteiger partial charge in [-0.3, -0.25) is 4.79 Å². The fourth-order valence-electron chi connectivity index (χ4n) is 1.45. The summed E-state index contributed by atoms with van der Waals surface area (Å²) in [7, 11) is -0.429. The van der Waals surface area contributed by atoms with Gasteiger partial charge in [0.25, 0.3) is 5.91 Å². The summed E-state index contributed by atoms with van der Waals surface area (Å²) in [5.74, 6) is 5.09. The van der Waals surface area contributed by atoms with Crippen molar-refractivity contribution >= 4 is 21.7 Å². The van der Waals surface area contributed by atoms with E-state index >= 15 is 0 Å². The normalized spacial score (nSPS) is 11.4. The number of nitrogen functional groups attached to an aromatic ring is 1. The molecule has 0 aliphatic rings. The van der Waals surface area contributed by atoms with Gasteiger partial charge in [-0.25, -0.2) is 23.5 Å². The highest BCUT2D eigenvalue weighted by atomic mass is 32.2. The number of rotatable bonds is 6. The maximum absolute atomic E-state index is 11.9. The van der Waals surface area contributed by atoms with Crippen LogP contribution in [0.3, 0.4) is 0 Å². The van der Waals surface area contributed by atoms with Gasteiger partial charge in [-0.05, 0) is 19.1 Å². The Balaban J connectivity index is 2.66. The number of nitrogens with two attached hydrogens (primary N) is 1. The molecule has 8 nitrogen and oxygen atoms in total. The molecular formula is C11H19N5O3S. The van der Waals surface area contributed by atoms with Crippen LogP contribution < -0.4 is 16.6 Å². The van der Waals surface area contributed by atoms with E-state index in [4.69, 9.17) is 5.84 Å². The standard InChI is InChI=1S/C11H19N5O3S/c1-8-6-9(7-10(14-8)15-12)11(17)13-4-5-20(18,19)16(2)3/h6-7H,4-5,12H2,1-3H3,(H,13,17)(H,14,15). The van der Waals surface area contributed by atoms with Gasteiger partial charge < -0.3 is 10.7 Å². The Morgan fingerprint density at radius 1 is 1.40 bits per heavy atom. The molecular weight excluding hydrogens is 282 g/mol. The molecule has 0 aliphatic carbocycles. The van der Waals surface area contributed by atoms with Crippen LogP contribution >= 0.6 is 0 Å². The lowest BCUT2D eigenvalue weighted by molar-refractivity contribution is 0.0956. The van der Waals surface area contributed by atoms with Crippen molar-refractivity contribution in [2.24, 2.45) is 5.84 Å². The van der Waals surface area contributed by atoms with Crippen molar-refractivity contribution in [1.82, 2.24) is 14.6 Å². The number of hydrogen-bond acceptors (Lipinski definition) is 6. The second kappa shape index (κ2) is 6.64. The average molecular weight is 301 g/mol. The van der Waals surface area contributed by atoms with E-state index in [1.54, 1.807) is 13.0 Å². The Labute approximate surface area is 118 Å². The van der Waals surface area contributed by atoms with Crippen molar-refractivity contribution in [2.45, 2.75) is 6.92 Å². The third-order valence-corrected chi connectivity index (χ3v) is 4.40. The third kappa shape index (κ3) is 4.44. The predicted molar refractivity (Wildman–Crippen MR) is 76.6 cm³/mol. The van der Waals surface area contributed by atoms with Crippen molar-refractivity contribution < 1.29 is 13.2 Å². The number of pyridine rings is 1. The molecule has 0 spiro atoms. The maximum atomic E-state index is 11.9. The lowest BCUT2D eigenvalue weighted by Gasteiger charge is -2.12. The Hall–Kier alpha value is -1.71. The van der Waals surface area contributed by atoms with Crippen molar-refractivity contribution in [3.8, 4) is 0 Å². The van der Waals surface area contributed by atoms with E-state index in [-0.39, 0.29) is 18.2 Å². The molecule has 0 aliphatic heterocycles. The number of nitrogens with one attached hydrogen (secondary N) is 2. The highest BCUT2D eigenvalue weighted by molar-refractivity contribution is 7.89. The van der Waals surface area contributed by atoms with Gasteiger partial charge in [-0.2, -0.15) is 0 Å². The summed E-state index contributed by atoms with van der Waals surface area (Å²) in [4.78, 5) is 16.0. The number of hydrazine groups is 1. The van der Waals surface area contributed by atoms with E-state index in [2.05, 4.69) is 15.7 Å². The molecule has 0 saturated carbocycles. The van der Waals surface area contributed by atoms with Gasteiger partial charge in [-0.15, -0.1) is 0 Å². The zero-order valence-electron chi connectivity index (χ0n) is 11.7. The Morgan fingerprint density at radius 3 is 2.60 bits per heavy atom. The highest BCUT2D eigenvalue weighted by Crippen LogP contribution is 2.08. The van der Waals surface area contributed by atoms with Gasteiger partial charge in [-0.1, -0.05) is 0 Å². The first-order valence-electron chi connectivity index (χ1n) is 5.90. The van der Waals surface area contributed by atoms with Gasteiger partial charge >= 0.3 is 0 Å². The van der Waals surface area contributed by atoms with Crippen molar-refractivity contribution in [2.75, 3.05) is 31.8 Å². The lowest BCUT2D eigenvalue weighted by atomic mass is 10.2. The number of anilines is 1. The number of aryl methyl sites for hydroxylation is 1. The molecule has 1 rings (SSSR count). The molecule has 0 bridgehead atoms.